The zero-order chi connectivity index (χ0) is 13.5. The number of carbonyl (C=O) groups is 1. The predicted molar refractivity (Wildman–Crippen MR) is 69.5 cm³/mol. The maximum Gasteiger partial charge on any atom is 0.251 e. The number of aliphatic hydroxyl groups is 1. The van der Waals surface area contributed by atoms with Crippen molar-refractivity contribution in [3.8, 4) is 0 Å². The van der Waals surface area contributed by atoms with Gasteiger partial charge in [0.2, 0.25) is 5.56 Å². The maximum atomic E-state index is 11.7. The molecule has 0 aromatic carbocycles. The third kappa shape index (κ3) is 4.00. The molecule has 0 fully saturated rings. The van der Waals surface area contributed by atoms with Crippen LogP contribution in [-0.4, -0.2) is 28.6 Å². The molecule has 0 bridgehead atoms. The third-order valence-electron chi connectivity index (χ3n) is 3.10. The van der Waals surface area contributed by atoms with Gasteiger partial charge in [-0.05, 0) is 12.0 Å². The highest BCUT2D eigenvalue weighted by molar-refractivity contribution is 5.93. The number of hydrogen-bond acceptors (Lipinski definition) is 3. The molecule has 1 amide bonds. The highest BCUT2D eigenvalue weighted by Crippen LogP contribution is 2.12. The Labute approximate surface area is 106 Å². The van der Waals surface area contributed by atoms with Crippen LogP contribution >= 0.6 is 0 Å². The molecule has 18 heavy (non-hydrogen) atoms. The van der Waals surface area contributed by atoms with E-state index in [2.05, 4.69) is 10.3 Å². The number of rotatable bonds is 6. The van der Waals surface area contributed by atoms with Crippen molar-refractivity contribution in [3.05, 3.63) is 34.2 Å². The Morgan fingerprint density at radius 3 is 2.67 bits per heavy atom. The number of pyridine rings is 1. The van der Waals surface area contributed by atoms with Gasteiger partial charge in [0, 0.05) is 24.4 Å². The van der Waals surface area contributed by atoms with E-state index in [0.29, 0.717) is 5.56 Å². The van der Waals surface area contributed by atoms with Crippen LogP contribution in [0.25, 0.3) is 0 Å². The number of aromatic nitrogens is 1. The summed E-state index contributed by atoms with van der Waals surface area (Å²) in [6.07, 6.45) is 2.62. The van der Waals surface area contributed by atoms with Crippen LogP contribution in [0.5, 0.6) is 0 Å². The van der Waals surface area contributed by atoms with Gasteiger partial charge in [0.05, 0.1) is 6.10 Å². The number of aromatic amines is 1. The number of amides is 1. The minimum Gasteiger partial charge on any atom is -0.391 e. The summed E-state index contributed by atoms with van der Waals surface area (Å²) in [5.74, 6) is -0.157. The quantitative estimate of drug-likeness (QED) is 0.703. The first-order valence-electron chi connectivity index (χ1n) is 6.23. The Balaban J connectivity index is 2.53. The lowest BCUT2D eigenvalue weighted by Crippen LogP contribution is -2.36. The second-order valence-corrected chi connectivity index (χ2v) is 4.30. The van der Waals surface area contributed by atoms with Crippen LogP contribution in [0.1, 0.15) is 37.0 Å². The fraction of sp³-hybridized carbons (Fsp3) is 0.538. The van der Waals surface area contributed by atoms with E-state index in [1.54, 1.807) is 0 Å². The van der Waals surface area contributed by atoms with E-state index in [-0.39, 0.29) is 23.9 Å². The van der Waals surface area contributed by atoms with Gasteiger partial charge >= 0.3 is 0 Å². The van der Waals surface area contributed by atoms with Crippen molar-refractivity contribution < 1.29 is 9.90 Å². The van der Waals surface area contributed by atoms with Gasteiger partial charge in [-0.25, -0.2) is 0 Å². The van der Waals surface area contributed by atoms with Crippen molar-refractivity contribution >= 4 is 5.91 Å². The molecule has 0 saturated carbocycles. The monoisotopic (exact) mass is 252 g/mol. The fourth-order valence-electron chi connectivity index (χ4n) is 1.88. The molecule has 3 N–H and O–H groups in total. The van der Waals surface area contributed by atoms with Crippen molar-refractivity contribution in [1.29, 1.82) is 0 Å². The van der Waals surface area contributed by atoms with Crippen LogP contribution in [0.4, 0.5) is 0 Å². The minimum atomic E-state index is -0.550. The molecule has 1 rings (SSSR count). The van der Waals surface area contributed by atoms with Gasteiger partial charge in [0.1, 0.15) is 0 Å². The Bertz CT molecular complexity index is 438. The molecular weight excluding hydrogens is 232 g/mol. The highest BCUT2D eigenvalue weighted by Gasteiger charge is 2.16. The summed E-state index contributed by atoms with van der Waals surface area (Å²) in [6.45, 7) is 4.23. The molecule has 0 aliphatic heterocycles. The summed E-state index contributed by atoms with van der Waals surface area (Å²) in [6, 6.07) is 2.76. The lowest BCUT2D eigenvalue weighted by Gasteiger charge is -2.20. The van der Waals surface area contributed by atoms with Crippen LogP contribution in [0.3, 0.4) is 0 Å². The molecule has 0 aliphatic carbocycles. The SMILES string of the molecule is CCC(CC)C(O)CNC(=O)c1cc[nH]c(=O)c1. The number of aliphatic hydroxyl groups excluding tert-OH is 1. The molecule has 0 spiro atoms. The van der Waals surface area contributed by atoms with Crippen molar-refractivity contribution in [1.82, 2.24) is 10.3 Å². The number of H-pyrrole nitrogens is 1. The topological polar surface area (TPSA) is 82.2 Å². The lowest BCUT2D eigenvalue weighted by molar-refractivity contribution is 0.0816. The first-order chi connectivity index (χ1) is 8.58. The maximum absolute atomic E-state index is 11.7. The molecule has 1 aromatic rings. The Morgan fingerprint density at radius 2 is 2.11 bits per heavy atom. The molecule has 0 radical (unpaired) electrons. The van der Waals surface area contributed by atoms with Gasteiger partial charge in [-0.1, -0.05) is 26.7 Å². The normalized spacial score (nSPS) is 12.4. The molecule has 5 heteroatoms. The van der Waals surface area contributed by atoms with Crippen molar-refractivity contribution in [2.45, 2.75) is 32.8 Å². The lowest BCUT2D eigenvalue weighted by atomic mass is 9.96. The second-order valence-electron chi connectivity index (χ2n) is 4.30. The minimum absolute atomic E-state index is 0.185. The molecular formula is C13H20N2O3. The summed E-state index contributed by atoms with van der Waals surface area (Å²) in [4.78, 5) is 25.2. The molecule has 0 saturated heterocycles. The third-order valence-corrected chi connectivity index (χ3v) is 3.10. The number of nitrogens with one attached hydrogen (secondary N) is 2. The van der Waals surface area contributed by atoms with Crippen LogP contribution in [-0.2, 0) is 0 Å². The Morgan fingerprint density at radius 1 is 1.44 bits per heavy atom. The van der Waals surface area contributed by atoms with Crippen LogP contribution in [0.15, 0.2) is 23.1 Å². The summed E-state index contributed by atoms with van der Waals surface area (Å²) < 4.78 is 0. The molecule has 1 heterocycles. The molecule has 100 valence electrons. The molecule has 5 nitrogen and oxygen atoms in total. The van der Waals surface area contributed by atoms with E-state index < -0.39 is 6.10 Å². The Kier molecular flexibility index (Phi) is 5.58. The highest BCUT2D eigenvalue weighted by atomic mass is 16.3. The van der Waals surface area contributed by atoms with E-state index in [4.69, 9.17) is 0 Å². The summed E-state index contributed by atoms with van der Waals surface area (Å²) in [5.41, 5.74) is -0.0151. The number of carbonyl (C=O) groups excluding carboxylic acids is 1. The standard InChI is InChI=1S/C13H20N2O3/c1-3-9(4-2)11(16)8-15-13(18)10-5-6-14-12(17)7-10/h5-7,9,11,16H,3-4,8H2,1-2H3,(H,14,17)(H,15,18). The molecule has 1 atom stereocenters. The van der Waals surface area contributed by atoms with E-state index in [9.17, 15) is 14.7 Å². The molecule has 1 aromatic heterocycles. The predicted octanol–water partition coefficient (Wildman–Crippen LogP) is 0.902. The van der Waals surface area contributed by atoms with Gasteiger partial charge in [-0.2, -0.15) is 0 Å². The van der Waals surface area contributed by atoms with Gasteiger partial charge in [0.25, 0.3) is 5.91 Å². The number of hydrogen-bond donors (Lipinski definition) is 3. The average molecular weight is 252 g/mol. The van der Waals surface area contributed by atoms with E-state index in [1.807, 2.05) is 13.8 Å². The zero-order valence-electron chi connectivity index (χ0n) is 10.8. The van der Waals surface area contributed by atoms with E-state index >= 15 is 0 Å². The van der Waals surface area contributed by atoms with E-state index in [1.165, 1.54) is 18.3 Å². The summed E-state index contributed by atoms with van der Waals surface area (Å²) in [5, 5.41) is 12.5. The molecule has 1 unspecified atom stereocenters. The molecule has 0 aliphatic rings. The van der Waals surface area contributed by atoms with Crippen molar-refractivity contribution in [2.75, 3.05) is 6.54 Å². The van der Waals surface area contributed by atoms with Gasteiger partial charge < -0.3 is 15.4 Å². The fourth-order valence-corrected chi connectivity index (χ4v) is 1.88. The van der Waals surface area contributed by atoms with Crippen LogP contribution < -0.4 is 10.9 Å². The van der Waals surface area contributed by atoms with Crippen molar-refractivity contribution in [2.24, 2.45) is 5.92 Å². The first-order valence-corrected chi connectivity index (χ1v) is 6.23. The largest absolute Gasteiger partial charge is 0.391 e. The first kappa shape index (κ1) is 14.4. The second kappa shape index (κ2) is 6.96. The van der Waals surface area contributed by atoms with E-state index in [0.717, 1.165) is 12.8 Å². The van der Waals surface area contributed by atoms with Gasteiger partial charge in [0.15, 0.2) is 0 Å². The van der Waals surface area contributed by atoms with Crippen LogP contribution in [0.2, 0.25) is 0 Å². The summed E-state index contributed by atoms with van der Waals surface area (Å²) in [7, 11) is 0. The average Bonchev–Trinajstić information content (AvgIpc) is 2.37. The van der Waals surface area contributed by atoms with Gasteiger partial charge in [-0.15, -0.1) is 0 Å². The zero-order valence-corrected chi connectivity index (χ0v) is 10.8. The van der Waals surface area contributed by atoms with Crippen molar-refractivity contribution in [3.63, 3.8) is 0 Å². The van der Waals surface area contributed by atoms with Gasteiger partial charge in [-0.3, -0.25) is 9.59 Å². The summed E-state index contributed by atoms with van der Waals surface area (Å²) >= 11 is 0. The Hall–Kier alpha value is -1.62. The smallest absolute Gasteiger partial charge is 0.251 e. The van der Waals surface area contributed by atoms with Crippen LogP contribution in [0, 0.1) is 5.92 Å².